The summed E-state index contributed by atoms with van der Waals surface area (Å²) >= 11 is 5.65. The van der Waals surface area contributed by atoms with E-state index < -0.39 is 5.41 Å². The predicted molar refractivity (Wildman–Crippen MR) is 86.2 cm³/mol. The fraction of sp³-hybridized carbons (Fsp3) is 0.733. The highest BCUT2D eigenvalue weighted by Gasteiger charge is 2.49. The molecule has 1 atom stereocenters. The lowest BCUT2D eigenvalue weighted by Crippen LogP contribution is -2.51. The summed E-state index contributed by atoms with van der Waals surface area (Å²) in [5.74, 6) is 0.691. The highest BCUT2D eigenvalue weighted by molar-refractivity contribution is 6.28. The Morgan fingerprint density at radius 3 is 2.92 bits per heavy atom. The number of H-pyrrole nitrogens is 1. The SMILES string of the molecule is O=C(CCc1nc(Cl)n[nH]1)N1CCC2(CCCN(CCO)C2=O)C1. The number of hydrogen-bond donors (Lipinski definition) is 2. The van der Waals surface area contributed by atoms with Crippen LogP contribution in [0.4, 0.5) is 0 Å². The van der Waals surface area contributed by atoms with Gasteiger partial charge in [-0.1, -0.05) is 0 Å². The van der Waals surface area contributed by atoms with Gasteiger partial charge in [-0.3, -0.25) is 14.7 Å². The van der Waals surface area contributed by atoms with E-state index in [-0.39, 0.29) is 23.7 Å². The first kappa shape index (κ1) is 17.2. The largest absolute Gasteiger partial charge is 0.395 e. The van der Waals surface area contributed by atoms with Crippen LogP contribution in [0.2, 0.25) is 5.28 Å². The van der Waals surface area contributed by atoms with Crippen LogP contribution in [0.5, 0.6) is 0 Å². The molecule has 2 fully saturated rings. The molecule has 3 rings (SSSR count). The molecule has 0 saturated carbocycles. The van der Waals surface area contributed by atoms with Crippen molar-refractivity contribution < 1.29 is 14.7 Å². The number of hydrogen-bond acceptors (Lipinski definition) is 5. The van der Waals surface area contributed by atoms with E-state index in [4.69, 9.17) is 16.7 Å². The number of aliphatic hydroxyl groups is 1. The molecule has 1 aromatic rings. The van der Waals surface area contributed by atoms with Crippen LogP contribution in [0.1, 0.15) is 31.5 Å². The zero-order chi connectivity index (χ0) is 17.2. The summed E-state index contributed by atoms with van der Waals surface area (Å²) in [6, 6.07) is 0. The van der Waals surface area contributed by atoms with Gasteiger partial charge in [-0.25, -0.2) is 4.98 Å². The van der Waals surface area contributed by atoms with Crippen LogP contribution in [-0.4, -0.2) is 74.7 Å². The number of halogens is 1. The van der Waals surface area contributed by atoms with Crippen molar-refractivity contribution in [2.75, 3.05) is 32.8 Å². The maximum Gasteiger partial charge on any atom is 0.242 e. The smallest absolute Gasteiger partial charge is 0.242 e. The molecule has 0 radical (unpaired) electrons. The van der Waals surface area contributed by atoms with Gasteiger partial charge in [-0.05, 0) is 30.9 Å². The van der Waals surface area contributed by atoms with Gasteiger partial charge in [-0.15, -0.1) is 5.10 Å². The van der Waals surface area contributed by atoms with Crippen LogP contribution in [0.15, 0.2) is 0 Å². The average molecular weight is 356 g/mol. The summed E-state index contributed by atoms with van der Waals surface area (Å²) in [6.45, 7) is 2.13. The summed E-state index contributed by atoms with van der Waals surface area (Å²) in [7, 11) is 0. The van der Waals surface area contributed by atoms with Crippen LogP contribution in [0.25, 0.3) is 0 Å². The number of nitrogens with zero attached hydrogens (tertiary/aromatic N) is 4. The second-order valence-electron chi connectivity index (χ2n) is 6.52. The summed E-state index contributed by atoms with van der Waals surface area (Å²) in [5.41, 5.74) is -0.460. The van der Waals surface area contributed by atoms with Crippen molar-refractivity contribution in [3.63, 3.8) is 0 Å². The van der Waals surface area contributed by atoms with Gasteiger partial charge in [-0.2, -0.15) is 0 Å². The number of β-amino-alcohol motifs (C(OH)–C–C–N with tert-alkyl or cyclic N) is 1. The first-order valence-electron chi connectivity index (χ1n) is 8.29. The molecule has 1 aromatic heterocycles. The van der Waals surface area contributed by atoms with E-state index in [0.717, 1.165) is 12.8 Å². The molecule has 0 aliphatic carbocycles. The van der Waals surface area contributed by atoms with Crippen molar-refractivity contribution in [2.24, 2.45) is 5.41 Å². The Kier molecular flexibility index (Phi) is 5.05. The van der Waals surface area contributed by atoms with Gasteiger partial charge in [0.05, 0.1) is 12.0 Å². The summed E-state index contributed by atoms with van der Waals surface area (Å²) < 4.78 is 0. The second kappa shape index (κ2) is 7.06. The van der Waals surface area contributed by atoms with E-state index in [1.54, 1.807) is 9.80 Å². The Bertz CT molecular complexity index is 620. The lowest BCUT2D eigenvalue weighted by Gasteiger charge is -2.39. The third-order valence-corrected chi connectivity index (χ3v) is 5.15. The zero-order valence-corrected chi connectivity index (χ0v) is 14.3. The second-order valence-corrected chi connectivity index (χ2v) is 6.85. The van der Waals surface area contributed by atoms with Gasteiger partial charge in [0.15, 0.2) is 0 Å². The molecule has 0 bridgehead atoms. The molecule has 9 heteroatoms. The number of aromatic nitrogens is 3. The molecule has 24 heavy (non-hydrogen) atoms. The summed E-state index contributed by atoms with van der Waals surface area (Å²) in [4.78, 5) is 32.6. The Balaban J connectivity index is 1.57. The van der Waals surface area contributed by atoms with Crippen molar-refractivity contribution in [3.05, 3.63) is 11.1 Å². The minimum absolute atomic E-state index is 0.0199. The van der Waals surface area contributed by atoms with Crippen LogP contribution in [0.3, 0.4) is 0 Å². The topological polar surface area (TPSA) is 102 Å². The number of rotatable bonds is 5. The molecule has 1 unspecified atom stereocenters. The Morgan fingerprint density at radius 2 is 2.21 bits per heavy atom. The van der Waals surface area contributed by atoms with E-state index in [1.807, 2.05) is 0 Å². The molecule has 2 saturated heterocycles. The van der Waals surface area contributed by atoms with Crippen molar-refractivity contribution in [3.8, 4) is 0 Å². The minimum Gasteiger partial charge on any atom is -0.395 e. The lowest BCUT2D eigenvalue weighted by molar-refractivity contribution is -0.146. The van der Waals surface area contributed by atoms with Crippen LogP contribution in [-0.2, 0) is 16.0 Å². The first-order valence-corrected chi connectivity index (χ1v) is 8.67. The quantitative estimate of drug-likeness (QED) is 0.786. The molecule has 2 aliphatic rings. The number of aryl methyl sites for hydroxylation is 1. The number of carbonyl (C=O) groups excluding carboxylic acids is 2. The molecule has 0 aromatic carbocycles. The fourth-order valence-corrected chi connectivity index (χ4v) is 3.86. The number of nitrogens with one attached hydrogen (secondary N) is 1. The van der Waals surface area contributed by atoms with Crippen LogP contribution >= 0.6 is 11.6 Å². The number of aromatic amines is 1. The number of piperidine rings is 1. The van der Waals surface area contributed by atoms with Crippen LogP contribution in [0, 0.1) is 5.41 Å². The normalized spacial score (nSPS) is 24.2. The van der Waals surface area contributed by atoms with Gasteiger partial charge in [0.2, 0.25) is 17.1 Å². The maximum atomic E-state index is 12.7. The standard InChI is InChI=1S/C15H22ClN5O3/c16-14-17-11(18-19-14)2-3-12(23)21-7-5-15(10-21)4-1-6-20(8-9-22)13(15)24/h22H,1-10H2,(H,17,18,19). The summed E-state index contributed by atoms with van der Waals surface area (Å²) in [6.07, 6.45) is 3.20. The maximum absolute atomic E-state index is 12.7. The monoisotopic (exact) mass is 355 g/mol. The van der Waals surface area contributed by atoms with E-state index in [9.17, 15) is 9.59 Å². The molecular formula is C15H22ClN5O3. The number of aliphatic hydroxyl groups excluding tert-OH is 1. The Morgan fingerprint density at radius 1 is 1.38 bits per heavy atom. The molecule has 132 valence electrons. The molecular weight excluding hydrogens is 334 g/mol. The van der Waals surface area contributed by atoms with E-state index >= 15 is 0 Å². The molecule has 2 N–H and O–H groups in total. The highest BCUT2D eigenvalue weighted by Crippen LogP contribution is 2.40. The molecule has 3 heterocycles. The zero-order valence-electron chi connectivity index (χ0n) is 13.5. The molecule has 8 nitrogen and oxygen atoms in total. The molecule has 2 aliphatic heterocycles. The van der Waals surface area contributed by atoms with Crippen molar-refractivity contribution in [2.45, 2.75) is 32.1 Å². The third-order valence-electron chi connectivity index (χ3n) is 4.98. The molecule has 1 spiro atoms. The van der Waals surface area contributed by atoms with Gasteiger partial charge in [0.25, 0.3) is 0 Å². The first-order chi connectivity index (χ1) is 11.5. The fourth-order valence-electron chi connectivity index (χ4n) is 3.72. The minimum atomic E-state index is -0.460. The Labute approximate surface area is 145 Å². The predicted octanol–water partition coefficient (Wildman–Crippen LogP) is 0.224. The lowest BCUT2D eigenvalue weighted by atomic mass is 9.78. The van der Waals surface area contributed by atoms with Gasteiger partial charge >= 0.3 is 0 Å². The van der Waals surface area contributed by atoms with Crippen LogP contribution < -0.4 is 0 Å². The van der Waals surface area contributed by atoms with Crippen molar-refractivity contribution in [1.82, 2.24) is 25.0 Å². The average Bonchev–Trinajstić information content (AvgIpc) is 3.17. The molecule has 2 amide bonds. The number of amides is 2. The van der Waals surface area contributed by atoms with Gasteiger partial charge in [0.1, 0.15) is 5.82 Å². The van der Waals surface area contributed by atoms with E-state index in [0.29, 0.717) is 51.3 Å². The summed E-state index contributed by atoms with van der Waals surface area (Å²) in [5, 5.41) is 15.7. The highest BCUT2D eigenvalue weighted by atomic mass is 35.5. The van der Waals surface area contributed by atoms with Gasteiger partial charge < -0.3 is 14.9 Å². The Hall–Kier alpha value is -1.67. The third kappa shape index (κ3) is 3.39. The van der Waals surface area contributed by atoms with Crippen molar-refractivity contribution in [1.29, 1.82) is 0 Å². The van der Waals surface area contributed by atoms with E-state index in [1.165, 1.54) is 0 Å². The van der Waals surface area contributed by atoms with Crippen molar-refractivity contribution >= 4 is 23.4 Å². The number of carbonyl (C=O) groups is 2. The van der Waals surface area contributed by atoms with E-state index in [2.05, 4.69) is 15.2 Å². The van der Waals surface area contributed by atoms with Gasteiger partial charge in [0, 0.05) is 39.0 Å². The number of likely N-dealkylation sites (tertiary alicyclic amines) is 2.